The number of aliphatic hydroxyl groups excluding tert-OH is 1. The largest absolute Gasteiger partial charge is 0.453 e. The van der Waals surface area contributed by atoms with Crippen LogP contribution >= 0.6 is 0 Å². The zero-order chi connectivity index (χ0) is 32.3. The minimum Gasteiger partial charge on any atom is -0.453 e. The first-order valence-corrected chi connectivity index (χ1v) is 13.4. The molecule has 2 aliphatic rings. The van der Waals surface area contributed by atoms with Crippen LogP contribution in [-0.2, 0) is 28.5 Å². The average Bonchev–Trinajstić information content (AvgIpc) is 3.58. The number of nitrogens with one attached hydrogen (secondary N) is 2. The van der Waals surface area contributed by atoms with E-state index in [2.05, 4.69) is 25.5 Å². The van der Waals surface area contributed by atoms with Crippen molar-refractivity contribution in [3.8, 4) is 0 Å². The molecule has 0 radical (unpaired) electrons. The minimum absolute atomic E-state index is 0.0488. The number of pyridine rings is 2. The highest BCUT2D eigenvalue weighted by Gasteiger charge is 2.47. The van der Waals surface area contributed by atoms with Gasteiger partial charge in [0.15, 0.2) is 5.65 Å². The summed E-state index contributed by atoms with van der Waals surface area (Å²) in [6, 6.07) is 3.00. The van der Waals surface area contributed by atoms with E-state index in [1.54, 1.807) is 16.8 Å². The quantitative estimate of drug-likeness (QED) is 0.245. The zero-order valence-electron chi connectivity index (χ0n) is 26.4. The van der Waals surface area contributed by atoms with E-state index in [9.17, 15) is 19.5 Å². The highest BCUT2D eigenvalue weighted by molar-refractivity contribution is 5.88. The van der Waals surface area contributed by atoms with Gasteiger partial charge >= 0.3 is 11.8 Å². The van der Waals surface area contributed by atoms with Gasteiger partial charge in [0.1, 0.15) is 17.2 Å². The summed E-state index contributed by atoms with van der Waals surface area (Å²) in [5.74, 6) is 0.0779. The van der Waals surface area contributed by atoms with Crippen molar-refractivity contribution < 1.29 is 24.9 Å². The molecule has 216 valence electrons. The number of anilines is 2. The number of hydrogen-bond donors (Lipinski definition) is 4. The van der Waals surface area contributed by atoms with E-state index in [0.717, 1.165) is 6.42 Å². The zero-order valence-corrected chi connectivity index (χ0v) is 22.4. The Balaban J connectivity index is 1.41. The van der Waals surface area contributed by atoms with Crippen LogP contribution in [0.15, 0.2) is 29.2 Å². The molecule has 5 N–H and O–H groups in total. The average molecular weight is 568 g/mol. The van der Waals surface area contributed by atoms with Gasteiger partial charge in [0, 0.05) is 47.6 Å². The van der Waals surface area contributed by atoms with Crippen molar-refractivity contribution in [2.24, 2.45) is 12.7 Å². The Kier molecular flexibility index (Phi) is 5.53. The number of nitrogens with two attached hydrogens (primary N) is 1. The van der Waals surface area contributed by atoms with Crippen LogP contribution in [-0.4, -0.2) is 65.7 Å². The fourth-order valence-corrected chi connectivity index (χ4v) is 5.82. The molecule has 2 amide bonds. The van der Waals surface area contributed by atoms with Gasteiger partial charge in [-0.05, 0) is 50.7 Å². The van der Waals surface area contributed by atoms with Crippen molar-refractivity contribution in [2.45, 2.75) is 62.5 Å². The number of nitrogens with zero attached hydrogens (tertiary/aromatic N) is 6. The summed E-state index contributed by atoms with van der Waals surface area (Å²) >= 11 is 0. The van der Waals surface area contributed by atoms with Gasteiger partial charge in [0.05, 0.1) is 31.4 Å². The lowest BCUT2D eigenvalue weighted by Gasteiger charge is -2.38. The first-order chi connectivity index (χ1) is 21.3. The summed E-state index contributed by atoms with van der Waals surface area (Å²) in [6.45, 7) is -2.94. The molecule has 41 heavy (non-hydrogen) atoms. The number of primary amides is 1. The number of rotatable bonds is 8. The maximum Gasteiger partial charge on any atom is 0.407 e. The molecule has 2 fully saturated rings. The first-order valence-electron chi connectivity index (χ1n) is 15.4. The Morgan fingerprint density at radius 1 is 1.29 bits per heavy atom. The summed E-state index contributed by atoms with van der Waals surface area (Å²) in [6.07, 6.45) is 3.22. The molecule has 0 unspecified atom stereocenters. The predicted octanol–water partition coefficient (Wildman–Crippen LogP) is 1.57. The van der Waals surface area contributed by atoms with Gasteiger partial charge in [-0.25, -0.2) is 24.2 Å². The topological polar surface area (TPSA) is 184 Å². The molecule has 4 aromatic heterocycles. The molecule has 14 heteroatoms. The molecule has 0 spiro atoms. The van der Waals surface area contributed by atoms with Crippen molar-refractivity contribution in [1.29, 1.82) is 0 Å². The van der Waals surface area contributed by atoms with Crippen molar-refractivity contribution in [3.05, 3.63) is 40.6 Å². The predicted molar refractivity (Wildman–Crippen MR) is 150 cm³/mol. The van der Waals surface area contributed by atoms with Crippen molar-refractivity contribution in [1.82, 2.24) is 34.2 Å². The third kappa shape index (κ3) is 4.38. The van der Waals surface area contributed by atoms with Gasteiger partial charge in [-0.1, -0.05) is 0 Å². The number of hydrogen-bond acceptors (Lipinski definition) is 9. The van der Waals surface area contributed by atoms with Gasteiger partial charge in [-0.15, -0.1) is 0 Å². The third-order valence-electron chi connectivity index (χ3n) is 8.11. The number of alkyl carbamates (subject to hydrolysis) is 1. The number of ether oxygens (including phenoxy) is 1. The van der Waals surface area contributed by atoms with E-state index in [1.165, 1.54) is 23.9 Å². The van der Waals surface area contributed by atoms with Crippen LogP contribution in [0, 0.1) is 0 Å². The molecular weight excluding hydrogens is 530 g/mol. The SMILES string of the molecule is [2H]C([2H])([2H])n1c(=O)n([C@@H]2CC[C@@]([2H])(NC(=O)OC)C2)c2cc(Nc3ccc4c(CCO)nn(C5(C(N)=O)CCC5)c4n3)ncc21. The molecule has 14 nitrogen and oxygen atoms in total. The molecule has 6 rings (SSSR count). The Morgan fingerprint density at radius 2 is 2.12 bits per heavy atom. The van der Waals surface area contributed by atoms with Gasteiger partial charge in [0.2, 0.25) is 5.91 Å². The van der Waals surface area contributed by atoms with Crippen LogP contribution in [0.4, 0.5) is 16.4 Å². The summed E-state index contributed by atoms with van der Waals surface area (Å²) in [5, 5.41) is 20.5. The molecule has 2 aliphatic carbocycles. The minimum atomic E-state index is -2.80. The van der Waals surface area contributed by atoms with Crippen molar-refractivity contribution >= 4 is 45.7 Å². The highest BCUT2D eigenvalue weighted by atomic mass is 16.5. The summed E-state index contributed by atoms with van der Waals surface area (Å²) < 4.78 is 40.9. The maximum absolute atomic E-state index is 13.6. The van der Waals surface area contributed by atoms with Crippen LogP contribution in [0.1, 0.15) is 55.7 Å². The van der Waals surface area contributed by atoms with E-state index in [0.29, 0.717) is 46.4 Å². The first kappa shape index (κ1) is 22.3. The number of aromatic nitrogens is 6. The molecule has 0 aromatic carbocycles. The molecule has 0 bridgehead atoms. The monoisotopic (exact) mass is 567 g/mol. The molecule has 2 saturated carbocycles. The number of carbonyl (C=O) groups is 2. The summed E-state index contributed by atoms with van der Waals surface area (Å²) in [7, 11) is 1.19. The van der Waals surface area contributed by atoms with Crippen molar-refractivity contribution in [2.75, 3.05) is 19.0 Å². The third-order valence-corrected chi connectivity index (χ3v) is 8.11. The molecule has 4 aromatic rings. The second kappa shape index (κ2) is 10.2. The lowest BCUT2D eigenvalue weighted by atomic mass is 9.76. The number of amides is 2. The second-order valence-corrected chi connectivity index (χ2v) is 10.4. The number of methoxy groups -OCH3 is 1. The van der Waals surface area contributed by atoms with E-state index >= 15 is 0 Å². The Bertz CT molecular complexity index is 1880. The molecular formula is C27H33N9O5. The number of carbonyl (C=O) groups excluding carboxylic acids is 2. The number of fused-ring (bicyclic) bond motifs is 2. The second-order valence-electron chi connectivity index (χ2n) is 10.4. The molecule has 4 heterocycles. The number of imidazole rings is 1. The number of aliphatic hydroxyl groups is 1. The highest BCUT2D eigenvalue weighted by Crippen LogP contribution is 2.41. The van der Waals surface area contributed by atoms with Gasteiger partial charge in [-0.2, -0.15) is 5.10 Å². The van der Waals surface area contributed by atoms with Crippen LogP contribution in [0.25, 0.3) is 22.1 Å². The summed E-state index contributed by atoms with van der Waals surface area (Å²) in [5.41, 5.74) is 5.35. The van der Waals surface area contributed by atoms with E-state index in [-0.39, 0.29) is 42.7 Å². The standard InChI is InChI=1S/C27H33N9O5/c1-34-20-14-29-22(13-19(20)35(26(34)40)16-5-4-15(12-16)30-25(39)41-2)31-21-7-6-17-18(8-11-37)33-36(23(17)32-21)27(24(28)38)9-3-10-27/h6-7,13-16,37H,3-5,8-12H2,1-2H3,(H2,28,38)(H,30,39)(H,29,31,32)/t15-,16-/m1/s1/i1D3,15D. The molecule has 0 saturated heterocycles. The van der Waals surface area contributed by atoms with Crippen LogP contribution in [0.5, 0.6) is 0 Å². The summed E-state index contributed by atoms with van der Waals surface area (Å²) in [4.78, 5) is 47.0. The Labute approximate surface area is 240 Å². The fraction of sp³-hybridized carbons (Fsp3) is 0.481. The smallest absolute Gasteiger partial charge is 0.407 e. The van der Waals surface area contributed by atoms with Gasteiger partial charge in [0.25, 0.3) is 0 Å². The molecule has 2 atom stereocenters. The molecule has 0 aliphatic heterocycles. The fourth-order valence-electron chi connectivity index (χ4n) is 5.82. The van der Waals surface area contributed by atoms with E-state index in [1.807, 2.05) is 0 Å². The van der Waals surface area contributed by atoms with Crippen molar-refractivity contribution in [3.63, 3.8) is 0 Å². The van der Waals surface area contributed by atoms with E-state index < -0.39 is 42.3 Å². The lowest BCUT2D eigenvalue weighted by Crippen LogP contribution is -2.52. The van der Waals surface area contributed by atoms with Crippen LogP contribution in [0.2, 0.25) is 0 Å². The van der Waals surface area contributed by atoms with E-state index in [4.69, 9.17) is 16.2 Å². The van der Waals surface area contributed by atoms with Gasteiger partial charge in [-0.3, -0.25) is 13.9 Å². The normalized spacial score (nSPS) is 23.3. The number of aryl methyl sites for hydroxylation is 1. The Hall–Kier alpha value is -4.46. The van der Waals surface area contributed by atoms with Crippen LogP contribution in [0.3, 0.4) is 0 Å². The van der Waals surface area contributed by atoms with Gasteiger partial charge < -0.3 is 26.2 Å². The Morgan fingerprint density at radius 3 is 2.80 bits per heavy atom. The lowest BCUT2D eigenvalue weighted by molar-refractivity contribution is -0.131. The maximum atomic E-state index is 13.6. The van der Waals surface area contributed by atoms with Crippen LogP contribution < -0.4 is 22.1 Å².